The van der Waals surface area contributed by atoms with Crippen molar-refractivity contribution < 1.29 is 13.9 Å². The van der Waals surface area contributed by atoms with E-state index in [1.807, 2.05) is 0 Å². The van der Waals surface area contributed by atoms with Crippen molar-refractivity contribution in [3.05, 3.63) is 18.2 Å². The maximum absolute atomic E-state index is 12.7. The average Bonchev–Trinajstić information content (AvgIpc) is 2.85. The average molecular weight is 273 g/mol. The van der Waals surface area contributed by atoms with Gasteiger partial charge in [0.15, 0.2) is 0 Å². The first kappa shape index (κ1) is 14.4. The van der Waals surface area contributed by atoms with Crippen molar-refractivity contribution in [1.29, 1.82) is 0 Å². The normalized spacial score (nSPS) is 27.9. The first-order valence-corrected chi connectivity index (χ1v) is 6.72. The number of hydrogen-bond acceptors (Lipinski definition) is 3. The number of halogens is 2. The second kappa shape index (κ2) is 5.96. The van der Waals surface area contributed by atoms with E-state index in [0.29, 0.717) is 11.7 Å². The van der Waals surface area contributed by atoms with Crippen molar-refractivity contribution in [2.75, 3.05) is 6.61 Å². The van der Waals surface area contributed by atoms with Gasteiger partial charge in [-0.3, -0.25) is 4.57 Å². The summed E-state index contributed by atoms with van der Waals surface area (Å²) in [6.45, 7) is -0.127. The molecule has 4 nitrogen and oxygen atoms in total. The van der Waals surface area contributed by atoms with Gasteiger partial charge in [-0.15, -0.1) is 0 Å². The van der Waals surface area contributed by atoms with Crippen molar-refractivity contribution in [1.82, 2.24) is 14.9 Å². The van der Waals surface area contributed by atoms with E-state index in [9.17, 15) is 13.9 Å². The highest BCUT2D eigenvalue weighted by molar-refractivity contribution is 4.97. The van der Waals surface area contributed by atoms with E-state index in [1.165, 1.54) is 12.4 Å². The van der Waals surface area contributed by atoms with Crippen LogP contribution in [0, 0.1) is 5.92 Å². The summed E-state index contributed by atoms with van der Waals surface area (Å²) in [5.41, 5.74) is -0.351. The predicted molar refractivity (Wildman–Crippen MR) is 67.8 cm³/mol. The summed E-state index contributed by atoms with van der Waals surface area (Å²) in [4.78, 5) is 3.95. The molecule has 2 unspecified atom stereocenters. The molecule has 0 aromatic carbocycles. The van der Waals surface area contributed by atoms with Crippen molar-refractivity contribution >= 4 is 0 Å². The number of aliphatic hydroxyl groups excluding tert-OH is 1. The van der Waals surface area contributed by atoms with Gasteiger partial charge in [-0.2, -0.15) is 8.78 Å². The third-order valence-electron chi connectivity index (χ3n) is 3.97. The summed E-state index contributed by atoms with van der Waals surface area (Å²) in [6.07, 6.45) is 6.62. The molecule has 1 fully saturated rings. The molecule has 0 saturated heterocycles. The van der Waals surface area contributed by atoms with Gasteiger partial charge in [0.05, 0.1) is 13.2 Å². The molecule has 2 N–H and O–H groups in total. The molecule has 0 aliphatic heterocycles. The number of aliphatic hydroxyl groups is 1. The zero-order valence-electron chi connectivity index (χ0n) is 11.1. The number of aromatic nitrogens is 2. The number of rotatable bonds is 5. The Kier molecular flexibility index (Phi) is 4.52. The molecule has 6 heteroatoms. The molecule has 0 radical (unpaired) electrons. The van der Waals surface area contributed by atoms with E-state index >= 15 is 0 Å². The van der Waals surface area contributed by atoms with Gasteiger partial charge in [0.25, 0.3) is 0 Å². The molecule has 0 spiro atoms. The quantitative estimate of drug-likeness (QED) is 0.865. The Morgan fingerprint density at radius 1 is 1.63 bits per heavy atom. The van der Waals surface area contributed by atoms with Gasteiger partial charge in [-0.25, -0.2) is 4.98 Å². The van der Waals surface area contributed by atoms with Crippen LogP contribution in [-0.2, 0) is 6.54 Å². The Balaban J connectivity index is 2.01. The minimum Gasteiger partial charge on any atom is -0.394 e. The standard InChI is InChI=1S/C13H21F2N3O/c1-10-3-2-4-13(7-10,9-19)17-8-11-16-5-6-18(11)12(14)15/h5-6,10,12,17,19H,2-4,7-9H2,1H3. The van der Waals surface area contributed by atoms with Crippen LogP contribution in [0.2, 0.25) is 0 Å². The molecule has 1 heterocycles. The smallest absolute Gasteiger partial charge is 0.319 e. The topological polar surface area (TPSA) is 50.1 Å². The molecular weight excluding hydrogens is 252 g/mol. The van der Waals surface area contributed by atoms with Gasteiger partial charge in [-0.05, 0) is 18.8 Å². The number of imidazole rings is 1. The SMILES string of the molecule is CC1CCCC(CO)(NCc2nccn2C(F)F)C1. The largest absolute Gasteiger partial charge is 0.394 e. The molecule has 108 valence electrons. The van der Waals surface area contributed by atoms with Crippen LogP contribution in [0.15, 0.2) is 12.4 Å². The Labute approximate surface area is 111 Å². The molecular formula is C13H21F2N3O. The fourth-order valence-electron chi connectivity index (χ4n) is 2.95. The van der Waals surface area contributed by atoms with Crippen molar-refractivity contribution in [3.8, 4) is 0 Å². The van der Waals surface area contributed by atoms with Gasteiger partial charge < -0.3 is 10.4 Å². The van der Waals surface area contributed by atoms with E-state index < -0.39 is 6.55 Å². The fourth-order valence-corrected chi connectivity index (χ4v) is 2.95. The summed E-state index contributed by atoms with van der Waals surface area (Å²) in [7, 11) is 0. The van der Waals surface area contributed by atoms with Crippen LogP contribution in [0.4, 0.5) is 8.78 Å². The lowest BCUT2D eigenvalue weighted by Gasteiger charge is -2.39. The van der Waals surface area contributed by atoms with Crippen LogP contribution >= 0.6 is 0 Å². The number of alkyl halides is 2. The fraction of sp³-hybridized carbons (Fsp3) is 0.769. The lowest BCUT2D eigenvalue weighted by atomic mass is 9.77. The number of hydrogen-bond donors (Lipinski definition) is 2. The molecule has 0 amide bonds. The highest BCUT2D eigenvalue weighted by Crippen LogP contribution is 2.32. The summed E-state index contributed by atoms with van der Waals surface area (Å²) >= 11 is 0. The molecule has 2 atom stereocenters. The Morgan fingerprint density at radius 3 is 3.05 bits per heavy atom. The second-order valence-corrected chi connectivity index (χ2v) is 5.52. The van der Waals surface area contributed by atoms with E-state index in [0.717, 1.165) is 30.3 Å². The molecule has 1 saturated carbocycles. The highest BCUT2D eigenvalue weighted by Gasteiger charge is 2.34. The molecule has 1 aliphatic carbocycles. The van der Waals surface area contributed by atoms with Crippen molar-refractivity contribution in [3.63, 3.8) is 0 Å². The van der Waals surface area contributed by atoms with Crippen LogP contribution in [0.5, 0.6) is 0 Å². The molecule has 1 aromatic rings. The third kappa shape index (κ3) is 3.30. The summed E-state index contributed by atoms with van der Waals surface area (Å²) < 4.78 is 26.3. The highest BCUT2D eigenvalue weighted by atomic mass is 19.3. The van der Waals surface area contributed by atoms with E-state index in [-0.39, 0.29) is 18.7 Å². The molecule has 2 rings (SSSR count). The van der Waals surface area contributed by atoms with Crippen LogP contribution < -0.4 is 5.32 Å². The van der Waals surface area contributed by atoms with E-state index in [4.69, 9.17) is 0 Å². The van der Waals surface area contributed by atoms with Gasteiger partial charge >= 0.3 is 6.55 Å². The third-order valence-corrected chi connectivity index (χ3v) is 3.97. The minimum absolute atomic E-state index is 0.0345. The maximum Gasteiger partial charge on any atom is 0.319 e. The number of nitrogens with one attached hydrogen (secondary N) is 1. The van der Waals surface area contributed by atoms with E-state index in [2.05, 4.69) is 17.2 Å². The number of nitrogens with zero attached hydrogens (tertiary/aromatic N) is 2. The summed E-state index contributed by atoms with van der Waals surface area (Å²) in [5.74, 6) is 0.851. The van der Waals surface area contributed by atoms with Gasteiger partial charge in [-0.1, -0.05) is 19.8 Å². The molecule has 1 aliphatic rings. The zero-order valence-corrected chi connectivity index (χ0v) is 11.1. The van der Waals surface area contributed by atoms with Gasteiger partial charge in [0, 0.05) is 17.9 Å². The molecule has 1 aromatic heterocycles. The van der Waals surface area contributed by atoms with Crippen LogP contribution in [0.1, 0.15) is 45.0 Å². The van der Waals surface area contributed by atoms with Gasteiger partial charge in [0.1, 0.15) is 5.82 Å². The van der Waals surface area contributed by atoms with E-state index in [1.54, 1.807) is 0 Å². The van der Waals surface area contributed by atoms with Gasteiger partial charge in [0.2, 0.25) is 0 Å². The lowest BCUT2D eigenvalue weighted by molar-refractivity contribution is 0.0631. The van der Waals surface area contributed by atoms with Crippen LogP contribution in [-0.4, -0.2) is 26.8 Å². The van der Waals surface area contributed by atoms with Crippen LogP contribution in [0.3, 0.4) is 0 Å². The Bertz CT molecular complexity index is 410. The minimum atomic E-state index is -2.57. The zero-order chi connectivity index (χ0) is 13.9. The monoisotopic (exact) mass is 273 g/mol. The summed E-state index contributed by atoms with van der Waals surface area (Å²) in [6, 6.07) is 0. The van der Waals surface area contributed by atoms with Crippen LogP contribution in [0.25, 0.3) is 0 Å². The predicted octanol–water partition coefficient (Wildman–Crippen LogP) is 2.31. The first-order chi connectivity index (χ1) is 9.06. The maximum atomic E-state index is 12.7. The first-order valence-electron chi connectivity index (χ1n) is 6.72. The Hall–Kier alpha value is -1.01. The summed E-state index contributed by atoms with van der Waals surface area (Å²) in [5, 5.41) is 12.9. The molecule has 0 bridgehead atoms. The lowest BCUT2D eigenvalue weighted by Crippen LogP contribution is -2.51. The molecule has 19 heavy (non-hydrogen) atoms. The second-order valence-electron chi connectivity index (χ2n) is 5.52. The van der Waals surface area contributed by atoms with Crippen molar-refractivity contribution in [2.45, 2.75) is 51.2 Å². The van der Waals surface area contributed by atoms with Crippen molar-refractivity contribution in [2.24, 2.45) is 5.92 Å². The Morgan fingerprint density at radius 2 is 2.42 bits per heavy atom.